The van der Waals surface area contributed by atoms with Crippen LogP contribution in [0.2, 0.25) is 0 Å². The molecule has 0 aliphatic rings. The molecular weight excluding hydrogens is 338 g/mol. The molecule has 108 valence electrons. The van der Waals surface area contributed by atoms with Gasteiger partial charge in [-0.2, -0.15) is 0 Å². The molecule has 0 amide bonds. The fourth-order valence-electron chi connectivity index (χ4n) is 1.72. The van der Waals surface area contributed by atoms with E-state index in [2.05, 4.69) is 22.9 Å². The summed E-state index contributed by atoms with van der Waals surface area (Å²) in [5.41, 5.74) is 5.80. The lowest BCUT2D eigenvalue weighted by molar-refractivity contribution is 0.217. The summed E-state index contributed by atoms with van der Waals surface area (Å²) < 4.78 is 12.5. The van der Waals surface area contributed by atoms with Crippen LogP contribution in [0, 0.1) is 0 Å². The number of hydrogen-bond donors (Lipinski definition) is 1. The van der Waals surface area contributed by atoms with Crippen molar-refractivity contribution in [2.24, 2.45) is 5.73 Å². The van der Waals surface area contributed by atoms with Crippen LogP contribution in [0.1, 0.15) is 24.3 Å². The van der Waals surface area contributed by atoms with Gasteiger partial charge in [-0.05, 0) is 52.7 Å². The number of ether oxygens (including phenoxy) is 2. The van der Waals surface area contributed by atoms with Gasteiger partial charge in [-0.15, -0.1) is 11.3 Å². The van der Waals surface area contributed by atoms with Crippen LogP contribution in [0.25, 0.3) is 0 Å². The maximum absolute atomic E-state index is 5.93. The van der Waals surface area contributed by atoms with Crippen LogP contribution in [0.4, 0.5) is 0 Å². The molecule has 0 bridgehead atoms. The minimum atomic E-state index is -0.117. The number of benzene rings is 1. The van der Waals surface area contributed by atoms with Gasteiger partial charge in [0.05, 0.1) is 6.61 Å². The van der Waals surface area contributed by atoms with Crippen LogP contribution in [0.5, 0.6) is 11.5 Å². The highest BCUT2D eigenvalue weighted by atomic mass is 79.9. The Bertz CT molecular complexity index is 527. The van der Waals surface area contributed by atoms with Gasteiger partial charge in [-0.25, -0.2) is 0 Å². The Morgan fingerprint density at radius 3 is 2.50 bits per heavy atom. The van der Waals surface area contributed by atoms with Crippen LogP contribution < -0.4 is 15.2 Å². The van der Waals surface area contributed by atoms with Crippen molar-refractivity contribution in [3.05, 3.63) is 45.1 Å². The summed E-state index contributed by atoms with van der Waals surface area (Å²) in [5.74, 6) is 1.66. The zero-order valence-corrected chi connectivity index (χ0v) is 13.7. The van der Waals surface area contributed by atoms with Crippen LogP contribution in [0.15, 0.2) is 40.2 Å². The third-order valence-corrected chi connectivity index (χ3v) is 4.48. The molecule has 1 aromatic heterocycles. The molecule has 2 rings (SSSR count). The van der Waals surface area contributed by atoms with E-state index in [1.54, 1.807) is 11.3 Å². The Kier molecular flexibility index (Phi) is 5.88. The van der Waals surface area contributed by atoms with Gasteiger partial charge in [0, 0.05) is 21.3 Å². The molecule has 1 aromatic carbocycles. The largest absolute Gasteiger partial charge is 0.494 e. The van der Waals surface area contributed by atoms with Gasteiger partial charge >= 0.3 is 0 Å². The SMILES string of the molecule is CCCOc1ccc(OC(CN)c2cc(Br)cs2)cc1. The second kappa shape index (κ2) is 7.67. The summed E-state index contributed by atoms with van der Waals surface area (Å²) in [6.07, 6.45) is 0.884. The van der Waals surface area contributed by atoms with E-state index in [9.17, 15) is 0 Å². The maximum Gasteiger partial charge on any atom is 0.145 e. The number of thiophene rings is 1. The third-order valence-electron chi connectivity index (χ3n) is 2.69. The van der Waals surface area contributed by atoms with Crippen molar-refractivity contribution in [1.82, 2.24) is 0 Å². The van der Waals surface area contributed by atoms with Gasteiger partial charge in [0.2, 0.25) is 0 Å². The van der Waals surface area contributed by atoms with Crippen molar-refractivity contribution in [1.29, 1.82) is 0 Å². The molecule has 0 spiro atoms. The van der Waals surface area contributed by atoms with Crippen LogP contribution >= 0.6 is 27.3 Å². The van der Waals surface area contributed by atoms with Crippen molar-refractivity contribution in [3.8, 4) is 11.5 Å². The monoisotopic (exact) mass is 355 g/mol. The Balaban J connectivity index is 2.00. The van der Waals surface area contributed by atoms with Crippen molar-refractivity contribution in [2.45, 2.75) is 19.4 Å². The van der Waals surface area contributed by atoms with Crippen molar-refractivity contribution < 1.29 is 9.47 Å². The second-order valence-corrected chi connectivity index (χ2v) is 6.19. The summed E-state index contributed by atoms with van der Waals surface area (Å²) in [4.78, 5) is 1.12. The molecule has 5 heteroatoms. The third kappa shape index (κ3) is 4.23. The molecule has 1 heterocycles. The summed E-state index contributed by atoms with van der Waals surface area (Å²) >= 11 is 5.09. The van der Waals surface area contributed by atoms with Gasteiger partial charge in [0.15, 0.2) is 0 Å². The minimum absolute atomic E-state index is 0.117. The first kappa shape index (κ1) is 15.4. The first-order valence-corrected chi connectivity index (χ1v) is 8.23. The fourth-order valence-corrected chi connectivity index (χ4v) is 3.20. The molecule has 0 radical (unpaired) electrons. The zero-order valence-electron chi connectivity index (χ0n) is 11.3. The first-order valence-electron chi connectivity index (χ1n) is 6.56. The highest BCUT2D eigenvalue weighted by Crippen LogP contribution is 2.29. The zero-order chi connectivity index (χ0) is 14.4. The number of hydrogen-bond acceptors (Lipinski definition) is 4. The molecular formula is C15H18BrNO2S. The highest BCUT2D eigenvalue weighted by Gasteiger charge is 2.13. The molecule has 2 aromatic rings. The van der Waals surface area contributed by atoms with E-state index in [4.69, 9.17) is 15.2 Å². The summed E-state index contributed by atoms with van der Waals surface area (Å²) in [6, 6.07) is 9.71. The van der Waals surface area contributed by atoms with Crippen molar-refractivity contribution in [2.75, 3.05) is 13.2 Å². The highest BCUT2D eigenvalue weighted by molar-refractivity contribution is 9.10. The lowest BCUT2D eigenvalue weighted by Gasteiger charge is -2.16. The summed E-state index contributed by atoms with van der Waals surface area (Å²) in [7, 11) is 0. The van der Waals surface area contributed by atoms with E-state index in [1.807, 2.05) is 35.7 Å². The fraction of sp³-hybridized carbons (Fsp3) is 0.333. The summed E-state index contributed by atoms with van der Waals surface area (Å²) in [5, 5.41) is 2.03. The molecule has 0 aliphatic carbocycles. The molecule has 0 saturated heterocycles. The predicted molar refractivity (Wildman–Crippen MR) is 86.7 cm³/mol. The van der Waals surface area contributed by atoms with E-state index in [0.717, 1.165) is 33.9 Å². The van der Waals surface area contributed by atoms with Crippen molar-refractivity contribution in [3.63, 3.8) is 0 Å². The Morgan fingerprint density at radius 1 is 1.25 bits per heavy atom. The first-order chi connectivity index (χ1) is 9.72. The molecule has 3 nitrogen and oxygen atoms in total. The Hall–Kier alpha value is -1.04. The lowest BCUT2D eigenvalue weighted by atomic mass is 10.2. The molecule has 1 atom stereocenters. The Morgan fingerprint density at radius 2 is 1.95 bits per heavy atom. The van der Waals surface area contributed by atoms with E-state index in [1.165, 1.54) is 0 Å². The van der Waals surface area contributed by atoms with Crippen LogP contribution in [-0.2, 0) is 0 Å². The normalized spacial score (nSPS) is 12.2. The topological polar surface area (TPSA) is 44.5 Å². The minimum Gasteiger partial charge on any atom is -0.494 e. The maximum atomic E-state index is 5.93. The second-order valence-electron chi connectivity index (χ2n) is 4.33. The van der Waals surface area contributed by atoms with Gasteiger partial charge in [0.25, 0.3) is 0 Å². The molecule has 0 saturated carbocycles. The van der Waals surface area contributed by atoms with Crippen LogP contribution in [0.3, 0.4) is 0 Å². The number of halogens is 1. The van der Waals surface area contributed by atoms with E-state index < -0.39 is 0 Å². The van der Waals surface area contributed by atoms with Gasteiger partial charge in [-0.3, -0.25) is 0 Å². The summed E-state index contributed by atoms with van der Waals surface area (Å²) in [6.45, 7) is 3.26. The standard InChI is InChI=1S/C15H18BrNO2S/c1-2-7-18-12-3-5-13(6-4-12)19-14(9-17)15-8-11(16)10-20-15/h3-6,8,10,14H,2,7,9,17H2,1H3. The Labute approximate surface area is 131 Å². The van der Waals surface area contributed by atoms with Crippen molar-refractivity contribution >= 4 is 27.3 Å². The quantitative estimate of drug-likeness (QED) is 0.801. The lowest BCUT2D eigenvalue weighted by Crippen LogP contribution is -2.17. The predicted octanol–water partition coefficient (Wildman–Crippen LogP) is 4.38. The average Bonchev–Trinajstić information content (AvgIpc) is 2.90. The molecule has 0 fully saturated rings. The molecule has 20 heavy (non-hydrogen) atoms. The van der Waals surface area contributed by atoms with Crippen LogP contribution in [-0.4, -0.2) is 13.2 Å². The smallest absolute Gasteiger partial charge is 0.145 e. The number of nitrogens with two attached hydrogens (primary N) is 1. The molecule has 0 aliphatic heterocycles. The van der Waals surface area contributed by atoms with E-state index in [-0.39, 0.29) is 6.10 Å². The van der Waals surface area contributed by atoms with Gasteiger partial charge < -0.3 is 15.2 Å². The average molecular weight is 356 g/mol. The van der Waals surface area contributed by atoms with E-state index in [0.29, 0.717) is 6.54 Å². The number of rotatable bonds is 7. The van der Waals surface area contributed by atoms with E-state index >= 15 is 0 Å². The van der Waals surface area contributed by atoms with Gasteiger partial charge in [-0.1, -0.05) is 6.92 Å². The molecule has 2 N–H and O–H groups in total. The molecule has 1 unspecified atom stereocenters. The van der Waals surface area contributed by atoms with Gasteiger partial charge in [0.1, 0.15) is 17.6 Å².